The van der Waals surface area contributed by atoms with E-state index in [0.717, 1.165) is 5.56 Å². The molecule has 4 heteroatoms. The summed E-state index contributed by atoms with van der Waals surface area (Å²) in [5, 5.41) is 0. The zero-order valence-corrected chi connectivity index (χ0v) is 11.5. The Balaban J connectivity index is 2.42. The van der Waals surface area contributed by atoms with Crippen LogP contribution in [0.25, 0.3) is 0 Å². The van der Waals surface area contributed by atoms with Gasteiger partial charge in [-0.25, -0.2) is 0 Å². The molecule has 0 saturated heterocycles. The largest absolute Gasteiger partial charge is 0.490 e. The lowest BCUT2D eigenvalue weighted by Crippen LogP contribution is -2.11. The molecule has 0 fully saturated rings. The summed E-state index contributed by atoms with van der Waals surface area (Å²) in [5.74, 6) is 7.20. The Morgan fingerprint density at radius 1 is 1.33 bits per heavy atom. The molecular formula is C14H18ClNO2. The molecule has 0 amide bonds. The fourth-order valence-corrected chi connectivity index (χ4v) is 1.32. The van der Waals surface area contributed by atoms with Crippen molar-refractivity contribution in [3.8, 4) is 17.6 Å². The van der Waals surface area contributed by atoms with E-state index in [1.54, 1.807) is 12.4 Å². The Morgan fingerprint density at radius 3 is 2.89 bits per heavy atom. The molecule has 0 bridgehead atoms. The third-order valence-electron chi connectivity index (χ3n) is 1.97. The van der Waals surface area contributed by atoms with Crippen LogP contribution in [0.5, 0.6) is 5.75 Å². The zero-order valence-electron chi connectivity index (χ0n) is 10.8. The third kappa shape index (κ3) is 6.48. The van der Waals surface area contributed by atoms with Crippen molar-refractivity contribution in [1.29, 1.82) is 0 Å². The van der Waals surface area contributed by atoms with Gasteiger partial charge in [-0.05, 0) is 19.9 Å². The maximum Gasteiger partial charge on any atom is 0.138 e. The second-order valence-electron chi connectivity index (χ2n) is 3.92. The molecule has 1 rings (SSSR count). The molecule has 1 aromatic rings. The number of pyridine rings is 1. The molecular weight excluding hydrogens is 250 g/mol. The number of alkyl halides is 1. The van der Waals surface area contributed by atoms with E-state index < -0.39 is 0 Å². The van der Waals surface area contributed by atoms with Gasteiger partial charge in [0, 0.05) is 24.1 Å². The highest BCUT2D eigenvalue weighted by atomic mass is 35.5. The zero-order chi connectivity index (χ0) is 13.2. The molecule has 1 aromatic heterocycles. The van der Waals surface area contributed by atoms with Crippen LogP contribution >= 0.6 is 11.6 Å². The summed E-state index contributed by atoms with van der Waals surface area (Å²) >= 11 is 5.55. The first-order chi connectivity index (χ1) is 8.72. The molecule has 1 heterocycles. The Morgan fingerprint density at radius 2 is 2.17 bits per heavy atom. The van der Waals surface area contributed by atoms with Crippen LogP contribution < -0.4 is 4.74 Å². The first-order valence-corrected chi connectivity index (χ1v) is 6.50. The fourth-order valence-electron chi connectivity index (χ4n) is 1.22. The Labute approximate surface area is 113 Å². The van der Waals surface area contributed by atoms with Gasteiger partial charge in [-0.15, -0.1) is 11.6 Å². The molecule has 0 aliphatic rings. The van der Waals surface area contributed by atoms with Crippen LogP contribution in [0.3, 0.4) is 0 Å². The van der Waals surface area contributed by atoms with Crippen molar-refractivity contribution in [2.75, 3.05) is 19.1 Å². The number of rotatable bonds is 6. The summed E-state index contributed by atoms with van der Waals surface area (Å²) in [7, 11) is 0. The number of halogens is 1. The lowest BCUT2D eigenvalue weighted by molar-refractivity contribution is 0.0552. The minimum atomic E-state index is 0.222. The fraction of sp³-hybridized carbons (Fsp3) is 0.500. The van der Waals surface area contributed by atoms with E-state index in [0.29, 0.717) is 31.3 Å². The summed E-state index contributed by atoms with van der Waals surface area (Å²) in [6, 6.07) is 1.86. The second kappa shape index (κ2) is 8.79. The van der Waals surface area contributed by atoms with Crippen molar-refractivity contribution in [3.63, 3.8) is 0 Å². The van der Waals surface area contributed by atoms with Crippen molar-refractivity contribution < 1.29 is 9.47 Å². The van der Waals surface area contributed by atoms with E-state index in [2.05, 4.69) is 16.8 Å². The second-order valence-corrected chi connectivity index (χ2v) is 4.30. The van der Waals surface area contributed by atoms with Crippen molar-refractivity contribution in [2.45, 2.75) is 26.4 Å². The van der Waals surface area contributed by atoms with Crippen LogP contribution in [-0.4, -0.2) is 30.2 Å². The minimum Gasteiger partial charge on any atom is -0.490 e. The highest BCUT2D eigenvalue weighted by molar-refractivity contribution is 6.18. The first kappa shape index (κ1) is 14.8. The average Bonchev–Trinajstić information content (AvgIpc) is 2.35. The van der Waals surface area contributed by atoms with Crippen molar-refractivity contribution in [2.24, 2.45) is 0 Å². The highest BCUT2D eigenvalue weighted by Crippen LogP contribution is 2.10. The lowest BCUT2D eigenvalue weighted by Gasteiger charge is -2.08. The average molecular weight is 268 g/mol. The molecule has 0 aliphatic carbocycles. The van der Waals surface area contributed by atoms with Crippen LogP contribution in [0.4, 0.5) is 0 Å². The summed E-state index contributed by atoms with van der Waals surface area (Å²) in [4.78, 5) is 4.08. The minimum absolute atomic E-state index is 0.222. The SMILES string of the molecule is CC(C)OCCOc1cncc(C#CCCCl)c1. The number of hydrogen-bond donors (Lipinski definition) is 0. The maximum atomic E-state index is 5.55. The molecule has 0 N–H and O–H groups in total. The molecule has 0 atom stereocenters. The molecule has 98 valence electrons. The van der Waals surface area contributed by atoms with Gasteiger partial charge in [-0.1, -0.05) is 11.8 Å². The van der Waals surface area contributed by atoms with Gasteiger partial charge in [-0.2, -0.15) is 0 Å². The lowest BCUT2D eigenvalue weighted by atomic mass is 10.3. The van der Waals surface area contributed by atoms with E-state index in [4.69, 9.17) is 21.1 Å². The van der Waals surface area contributed by atoms with Crippen LogP contribution in [0.2, 0.25) is 0 Å². The van der Waals surface area contributed by atoms with Crippen LogP contribution in [0.15, 0.2) is 18.5 Å². The molecule has 0 aromatic carbocycles. The number of ether oxygens (including phenoxy) is 2. The topological polar surface area (TPSA) is 31.4 Å². The Bertz CT molecular complexity index is 410. The van der Waals surface area contributed by atoms with E-state index in [1.165, 1.54) is 0 Å². The van der Waals surface area contributed by atoms with Gasteiger partial charge in [0.05, 0.1) is 18.9 Å². The molecule has 0 spiro atoms. The number of aromatic nitrogens is 1. The first-order valence-electron chi connectivity index (χ1n) is 5.96. The summed E-state index contributed by atoms with van der Waals surface area (Å²) < 4.78 is 10.9. The van der Waals surface area contributed by atoms with Gasteiger partial charge < -0.3 is 9.47 Å². The normalized spacial score (nSPS) is 10.0. The number of hydrogen-bond acceptors (Lipinski definition) is 3. The molecule has 0 radical (unpaired) electrons. The molecule has 3 nitrogen and oxygen atoms in total. The van der Waals surface area contributed by atoms with Crippen molar-refractivity contribution >= 4 is 11.6 Å². The van der Waals surface area contributed by atoms with E-state index in [-0.39, 0.29) is 6.10 Å². The van der Waals surface area contributed by atoms with Gasteiger partial charge in [-0.3, -0.25) is 4.98 Å². The predicted molar refractivity (Wildman–Crippen MR) is 73.0 cm³/mol. The van der Waals surface area contributed by atoms with E-state index in [9.17, 15) is 0 Å². The maximum absolute atomic E-state index is 5.55. The molecule has 0 aliphatic heterocycles. The predicted octanol–water partition coefficient (Wildman–Crippen LogP) is 2.87. The van der Waals surface area contributed by atoms with Crippen LogP contribution in [-0.2, 0) is 4.74 Å². The molecule has 0 saturated carbocycles. The van der Waals surface area contributed by atoms with Crippen LogP contribution in [0, 0.1) is 11.8 Å². The van der Waals surface area contributed by atoms with Crippen molar-refractivity contribution in [1.82, 2.24) is 4.98 Å². The highest BCUT2D eigenvalue weighted by Gasteiger charge is 1.97. The van der Waals surface area contributed by atoms with Gasteiger partial charge in [0.1, 0.15) is 12.4 Å². The third-order valence-corrected chi connectivity index (χ3v) is 2.16. The Hall–Kier alpha value is -1.24. The van der Waals surface area contributed by atoms with Crippen LogP contribution in [0.1, 0.15) is 25.8 Å². The quantitative estimate of drug-likeness (QED) is 0.451. The summed E-state index contributed by atoms with van der Waals surface area (Å²) in [5.41, 5.74) is 0.836. The molecule has 18 heavy (non-hydrogen) atoms. The van der Waals surface area contributed by atoms with Gasteiger partial charge in [0.25, 0.3) is 0 Å². The van der Waals surface area contributed by atoms with Crippen molar-refractivity contribution in [3.05, 3.63) is 24.0 Å². The monoisotopic (exact) mass is 267 g/mol. The number of nitrogens with zero attached hydrogens (tertiary/aromatic N) is 1. The molecule has 0 unspecified atom stereocenters. The smallest absolute Gasteiger partial charge is 0.138 e. The van der Waals surface area contributed by atoms with E-state index >= 15 is 0 Å². The standard InChI is InChI=1S/C14H18ClNO2/c1-12(2)17-7-8-18-14-9-13(10-16-11-14)5-3-4-6-15/h9-12H,4,6-8H2,1-2H3. The van der Waals surface area contributed by atoms with E-state index in [1.807, 2.05) is 19.9 Å². The Kier molecular flexibility index (Phi) is 7.24. The summed E-state index contributed by atoms with van der Waals surface area (Å²) in [6.07, 6.45) is 4.27. The van der Waals surface area contributed by atoms with Gasteiger partial charge in [0.15, 0.2) is 0 Å². The van der Waals surface area contributed by atoms with Gasteiger partial charge in [0.2, 0.25) is 0 Å². The summed E-state index contributed by atoms with van der Waals surface area (Å²) in [6.45, 7) is 5.07. The van der Waals surface area contributed by atoms with Gasteiger partial charge >= 0.3 is 0 Å².